The van der Waals surface area contributed by atoms with Gasteiger partial charge in [0.25, 0.3) is 0 Å². The molecule has 2 aliphatic rings. The van der Waals surface area contributed by atoms with E-state index in [1.165, 1.54) is 4.88 Å². The molecule has 2 nitrogen and oxygen atoms in total. The third kappa shape index (κ3) is 2.03. The molecule has 4 heteroatoms. The van der Waals surface area contributed by atoms with Crippen molar-refractivity contribution in [3.05, 3.63) is 82.0 Å². The van der Waals surface area contributed by atoms with Crippen LogP contribution in [0, 0.1) is 5.92 Å². The maximum atomic E-state index is 13.2. The molecule has 1 aliphatic carbocycles. The number of para-hydroxylation sites is 1. The van der Waals surface area contributed by atoms with Crippen molar-refractivity contribution in [3.8, 4) is 0 Å². The highest BCUT2D eigenvalue weighted by molar-refractivity contribution is 8.00. The van der Waals surface area contributed by atoms with Gasteiger partial charge in [-0.05, 0) is 23.6 Å². The SMILES string of the molecule is O=C1c2ccccc2C2=Nc3ccccc3SC(c3cccs3)C12. The van der Waals surface area contributed by atoms with E-state index in [4.69, 9.17) is 4.99 Å². The monoisotopic (exact) mass is 347 g/mol. The molecule has 2 atom stereocenters. The summed E-state index contributed by atoms with van der Waals surface area (Å²) in [5.74, 6) is -0.0125. The molecule has 116 valence electrons. The van der Waals surface area contributed by atoms with E-state index >= 15 is 0 Å². The van der Waals surface area contributed by atoms with Crippen LogP contribution in [0.15, 0.2) is 75.9 Å². The fraction of sp³-hybridized carbons (Fsp3) is 0.100. The van der Waals surface area contributed by atoms with Crippen molar-refractivity contribution >= 4 is 40.3 Å². The Labute approximate surface area is 148 Å². The number of hydrogen-bond acceptors (Lipinski definition) is 4. The van der Waals surface area contributed by atoms with Gasteiger partial charge < -0.3 is 0 Å². The summed E-state index contributed by atoms with van der Waals surface area (Å²) in [4.78, 5) is 20.5. The van der Waals surface area contributed by atoms with Crippen LogP contribution in [0.1, 0.15) is 26.0 Å². The minimum absolute atomic E-state index is 0.0762. The molecule has 0 bridgehead atoms. The number of rotatable bonds is 1. The van der Waals surface area contributed by atoms with Crippen LogP contribution in [0.3, 0.4) is 0 Å². The van der Waals surface area contributed by atoms with Crippen molar-refractivity contribution in [1.82, 2.24) is 0 Å². The minimum Gasteiger partial charge on any atom is -0.293 e. The molecule has 3 aromatic rings. The smallest absolute Gasteiger partial charge is 0.174 e. The van der Waals surface area contributed by atoms with Crippen LogP contribution in [0.4, 0.5) is 5.69 Å². The van der Waals surface area contributed by atoms with E-state index in [2.05, 4.69) is 23.6 Å². The number of thiophene rings is 1. The first-order valence-electron chi connectivity index (χ1n) is 7.84. The fourth-order valence-electron chi connectivity index (χ4n) is 3.45. The molecule has 0 amide bonds. The lowest BCUT2D eigenvalue weighted by atomic mass is 9.97. The third-order valence-corrected chi connectivity index (χ3v) is 7.02. The van der Waals surface area contributed by atoms with Gasteiger partial charge in [-0.1, -0.05) is 42.5 Å². The molecule has 2 aromatic carbocycles. The lowest BCUT2D eigenvalue weighted by Gasteiger charge is -2.19. The lowest BCUT2D eigenvalue weighted by Crippen LogP contribution is -2.21. The van der Waals surface area contributed by atoms with Crippen molar-refractivity contribution < 1.29 is 4.79 Å². The number of aliphatic imine (C=N–C) groups is 1. The van der Waals surface area contributed by atoms with Gasteiger partial charge in [0, 0.05) is 20.9 Å². The number of fused-ring (bicyclic) bond motifs is 4. The first-order chi connectivity index (χ1) is 11.8. The average molecular weight is 347 g/mol. The molecule has 1 aromatic heterocycles. The fourth-order valence-corrected chi connectivity index (χ4v) is 5.75. The van der Waals surface area contributed by atoms with Crippen LogP contribution < -0.4 is 0 Å². The molecule has 0 saturated carbocycles. The summed E-state index contributed by atoms with van der Waals surface area (Å²) in [5, 5.41) is 2.16. The van der Waals surface area contributed by atoms with Gasteiger partial charge in [-0.2, -0.15) is 0 Å². The van der Waals surface area contributed by atoms with Crippen LogP contribution >= 0.6 is 23.1 Å². The largest absolute Gasteiger partial charge is 0.293 e. The molecular weight excluding hydrogens is 334 g/mol. The molecule has 1 aliphatic heterocycles. The van der Waals surface area contributed by atoms with Crippen molar-refractivity contribution in [2.24, 2.45) is 10.9 Å². The second-order valence-electron chi connectivity index (χ2n) is 5.91. The van der Waals surface area contributed by atoms with E-state index in [0.29, 0.717) is 0 Å². The molecule has 0 N–H and O–H groups in total. The summed E-state index contributed by atoms with van der Waals surface area (Å²) >= 11 is 3.48. The quantitative estimate of drug-likeness (QED) is 0.579. The van der Waals surface area contributed by atoms with Crippen molar-refractivity contribution in [1.29, 1.82) is 0 Å². The van der Waals surface area contributed by atoms with E-state index in [-0.39, 0.29) is 17.0 Å². The summed E-state index contributed by atoms with van der Waals surface area (Å²) in [7, 11) is 0. The van der Waals surface area contributed by atoms with Crippen LogP contribution in [0.25, 0.3) is 0 Å². The number of thioether (sulfide) groups is 1. The zero-order valence-electron chi connectivity index (χ0n) is 12.7. The molecule has 0 radical (unpaired) electrons. The molecule has 0 spiro atoms. The highest BCUT2D eigenvalue weighted by atomic mass is 32.2. The molecule has 0 saturated heterocycles. The van der Waals surface area contributed by atoms with E-state index in [0.717, 1.165) is 27.4 Å². The Balaban J connectivity index is 1.78. The maximum Gasteiger partial charge on any atom is 0.174 e. The lowest BCUT2D eigenvalue weighted by molar-refractivity contribution is 0.0960. The first-order valence-corrected chi connectivity index (χ1v) is 9.60. The van der Waals surface area contributed by atoms with Crippen molar-refractivity contribution in [3.63, 3.8) is 0 Å². The number of Topliss-reactive ketones (excluding diaryl/α,β-unsaturated/α-hetero) is 1. The summed E-state index contributed by atoms with van der Waals surface area (Å²) < 4.78 is 0. The Morgan fingerprint density at radius 3 is 2.50 bits per heavy atom. The predicted octanol–water partition coefficient (Wildman–Crippen LogP) is 5.53. The van der Waals surface area contributed by atoms with E-state index in [9.17, 15) is 4.79 Å². The van der Waals surface area contributed by atoms with Gasteiger partial charge in [0.15, 0.2) is 5.78 Å². The Hall–Kier alpha value is -2.17. The van der Waals surface area contributed by atoms with Gasteiger partial charge in [-0.25, -0.2) is 0 Å². The van der Waals surface area contributed by atoms with Crippen LogP contribution in [0.2, 0.25) is 0 Å². The van der Waals surface area contributed by atoms with Gasteiger partial charge in [-0.3, -0.25) is 9.79 Å². The van der Waals surface area contributed by atoms with E-state index in [1.54, 1.807) is 23.1 Å². The van der Waals surface area contributed by atoms with Gasteiger partial charge in [0.05, 0.1) is 22.6 Å². The highest BCUT2D eigenvalue weighted by Crippen LogP contribution is 2.52. The standard InChI is InChI=1S/C20H13NOS2/c22-19-13-7-2-1-6-12(13)18-17(19)20(16-10-5-11-23-16)24-15-9-4-3-8-14(15)21-18/h1-11,17,20H. The summed E-state index contributed by atoms with van der Waals surface area (Å²) in [6.45, 7) is 0. The number of carbonyl (C=O) groups is 1. The Morgan fingerprint density at radius 2 is 1.67 bits per heavy atom. The third-order valence-electron chi connectivity index (χ3n) is 4.53. The highest BCUT2D eigenvalue weighted by Gasteiger charge is 2.44. The zero-order chi connectivity index (χ0) is 16.1. The maximum absolute atomic E-state index is 13.2. The van der Waals surface area contributed by atoms with Gasteiger partial charge in [-0.15, -0.1) is 23.1 Å². The average Bonchev–Trinajstić information content (AvgIpc) is 3.19. The van der Waals surface area contributed by atoms with Crippen LogP contribution in [0.5, 0.6) is 0 Å². The van der Waals surface area contributed by atoms with Crippen LogP contribution in [-0.4, -0.2) is 11.5 Å². The molecule has 0 fully saturated rings. The normalized spacial score (nSPS) is 21.5. The number of nitrogens with zero attached hydrogens (tertiary/aromatic N) is 1. The zero-order valence-corrected chi connectivity index (χ0v) is 14.3. The Kier molecular flexibility index (Phi) is 3.21. The topological polar surface area (TPSA) is 29.4 Å². The number of benzene rings is 2. The molecule has 2 heterocycles. The molecule has 24 heavy (non-hydrogen) atoms. The van der Waals surface area contributed by atoms with Gasteiger partial charge >= 0.3 is 0 Å². The van der Waals surface area contributed by atoms with E-state index < -0.39 is 0 Å². The number of hydrogen-bond donors (Lipinski definition) is 0. The molecule has 5 rings (SSSR count). The molecular formula is C20H13NOS2. The summed E-state index contributed by atoms with van der Waals surface area (Å²) in [6, 6.07) is 20.2. The van der Waals surface area contributed by atoms with Crippen LogP contribution in [-0.2, 0) is 0 Å². The Morgan fingerprint density at radius 1 is 0.875 bits per heavy atom. The summed E-state index contributed by atoms with van der Waals surface area (Å²) in [6.07, 6.45) is 0. The number of ketones is 1. The van der Waals surface area contributed by atoms with Gasteiger partial charge in [0.2, 0.25) is 0 Å². The summed E-state index contributed by atoms with van der Waals surface area (Å²) in [5.41, 5.74) is 3.69. The minimum atomic E-state index is -0.210. The second-order valence-corrected chi connectivity index (χ2v) is 8.07. The predicted molar refractivity (Wildman–Crippen MR) is 99.8 cm³/mol. The van der Waals surface area contributed by atoms with Gasteiger partial charge in [0.1, 0.15) is 0 Å². The first kappa shape index (κ1) is 14.2. The van der Waals surface area contributed by atoms with E-state index in [1.807, 2.05) is 42.5 Å². The molecule has 2 unspecified atom stereocenters. The second kappa shape index (κ2) is 5.43. The number of carbonyl (C=O) groups excluding carboxylic acids is 1. The Bertz CT molecular complexity index is 975. The van der Waals surface area contributed by atoms with Crippen molar-refractivity contribution in [2.45, 2.75) is 10.1 Å². The van der Waals surface area contributed by atoms with Crippen molar-refractivity contribution in [2.75, 3.05) is 0 Å².